The molecule has 27 heavy (non-hydrogen) atoms. The van der Waals surface area contributed by atoms with Crippen molar-refractivity contribution in [2.45, 2.75) is 50.8 Å². The second-order valence-corrected chi connectivity index (χ2v) is 9.11. The van der Waals surface area contributed by atoms with Crippen LogP contribution in [-0.2, 0) is 10.3 Å². The van der Waals surface area contributed by atoms with E-state index in [0.717, 1.165) is 6.42 Å². The lowest BCUT2D eigenvalue weighted by atomic mass is 9.81. The molecule has 3 atom stereocenters. The normalized spacial score (nSPS) is 27.8. The van der Waals surface area contributed by atoms with Gasteiger partial charge in [-0.05, 0) is 33.3 Å². The molecule has 0 radical (unpaired) electrons. The molecule has 0 saturated heterocycles. The van der Waals surface area contributed by atoms with Crippen LogP contribution in [0.15, 0.2) is 23.2 Å². The van der Waals surface area contributed by atoms with Crippen LogP contribution in [-0.4, -0.2) is 45.8 Å². The molecule has 2 aliphatic rings. The lowest BCUT2D eigenvalue weighted by molar-refractivity contribution is 0.102. The molecule has 1 aliphatic carbocycles. The molecule has 1 amide bonds. The van der Waals surface area contributed by atoms with Gasteiger partial charge in [0, 0.05) is 36.3 Å². The first-order valence-electron chi connectivity index (χ1n) is 8.93. The Morgan fingerprint density at radius 3 is 2.78 bits per heavy atom. The Hall–Kier alpha value is -1.80. The number of nitrogen functional groups attached to an aromatic ring is 1. The van der Waals surface area contributed by atoms with Crippen molar-refractivity contribution < 1.29 is 19.0 Å². The first-order valence-corrected chi connectivity index (χ1v) is 9.92. The van der Waals surface area contributed by atoms with Gasteiger partial charge in [0.15, 0.2) is 11.0 Å². The maximum absolute atomic E-state index is 15.0. The molecule has 0 bridgehead atoms. The topological polar surface area (TPSA) is 88.1 Å². The molecule has 1 saturated carbocycles. The van der Waals surface area contributed by atoms with Gasteiger partial charge in [-0.3, -0.25) is 4.90 Å². The lowest BCUT2D eigenvalue weighted by Crippen LogP contribution is -2.50. The summed E-state index contributed by atoms with van der Waals surface area (Å²) in [4.78, 5) is 18.1. The van der Waals surface area contributed by atoms with Gasteiger partial charge in [-0.25, -0.2) is 14.2 Å². The fraction of sp³-hybridized carbons (Fsp3) is 0.579. The number of amides is 1. The monoisotopic (exact) mass is 395 g/mol. The van der Waals surface area contributed by atoms with E-state index in [0.29, 0.717) is 22.9 Å². The predicted octanol–water partition coefficient (Wildman–Crippen LogP) is 3.91. The number of carbonyl (C=O) groups is 1. The number of fused-ring (bicyclic) bond motifs is 1. The van der Waals surface area contributed by atoms with E-state index in [9.17, 15) is 14.3 Å². The zero-order chi connectivity index (χ0) is 20.0. The van der Waals surface area contributed by atoms with Crippen LogP contribution in [0.1, 0.15) is 39.2 Å². The smallest absolute Gasteiger partial charge is 0.413 e. The highest BCUT2D eigenvalue weighted by atomic mass is 32.2. The second-order valence-electron chi connectivity index (χ2n) is 8.12. The van der Waals surface area contributed by atoms with Gasteiger partial charge in [-0.1, -0.05) is 23.9 Å². The molecule has 1 aliphatic heterocycles. The third kappa shape index (κ3) is 3.40. The van der Waals surface area contributed by atoms with E-state index in [-0.39, 0.29) is 17.7 Å². The van der Waals surface area contributed by atoms with Crippen molar-refractivity contribution in [1.29, 1.82) is 0 Å². The van der Waals surface area contributed by atoms with E-state index in [2.05, 4.69) is 0 Å². The Kier molecular flexibility index (Phi) is 5.16. The number of hydrogen-bond donors (Lipinski definition) is 2. The number of ether oxygens (including phenoxy) is 1. The Morgan fingerprint density at radius 1 is 1.48 bits per heavy atom. The largest absolute Gasteiger partial charge is 0.465 e. The standard InChI is InChI=1S/C19H26FN3O3S/c1-18(2,3)23(17(24)25)16-22-19(13-6-5-7-14(21)15(13)20)9-12(26-4)8-11(19)10-27-16/h5-7,11-12H,8-10,21H2,1-4H3,(H,24,25)/t11-,12+,19-/m0/s1. The van der Waals surface area contributed by atoms with E-state index in [1.54, 1.807) is 19.2 Å². The SMILES string of the molecule is CO[C@@H]1C[C@H]2CSC(N(C(=O)O)C(C)(C)C)=N[C@@]2(c2cccc(N)c2F)C1. The van der Waals surface area contributed by atoms with Gasteiger partial charge in [0.05, 0.1) is 17.3 Å². The van der Waals surface area contributed by atoms with Gasteiger partial charge in [0.2, 0.25) is 0 Å². The van der Waals surface area contributed by atoms with E-state index in [4.69, 9.17) is 15.5 Å². The highest BCUT2D eigenvalue weighted by molar-refractivity contribution is 8.13. The number of amidine groups is 1. The molecule has 1 fully saturated rings. The van der Waals surface area contributed by atoms with Crippen molar-refractivity contribution in [2.75, 3.05) is 18.6 Å². The molecule has 1 aromatic carbocycles. The summed E-state index contributed by atoms with van der Waals surface area (Å²) in [5.41, 5.74) is 4.77. The number of carboxylic acid groups (broad SMARTS) is 1. The number of nitrogens with two attached hydrogens (primary N) is 1. The number of thioether (sulfide) groups is 1. The van der Waals surface area contributed by atoms with Crippen LogP contribution in [0.5, 0.6) is 0 Å². The van der Waals surface area contributed by atoms with E-state index < -0.39 is 23.0 Å². The van der Waals surface area contributed by atoms with Crippen LogP contribution < -0.4 is 5.73 Å². The third-order valence-corrected chi connectivity index (χ3v) is 6.45. The number of hydrogen-bond acceptors (Lipinski definition) is 5. The fourth-order valence-electron chi connectivity index (χ4n) is 4.05. The Morgan fingerprint density at radius 2 is 2.19 bits per heavy atom. The van der Waals surface area contributed by atoms with E-state index in [1.165, 1.54) is 22.7 Å². The number of aliphatic imine (C=N–C) groups is 1. The molecule has 0 spiro atoms. The van der Waals surface area contributed by atoms with Gasteiger partial charge in [-0.15, -0.1) is 0 Å². The molecule has 1 heterocycles. The predicted molar refractivity (Wildman–Crippen MR) is 106 cm³/mol. The summed E-state index contributed by atoms with van der Waals surface area (Å²) in [6, 6.07) is 4.94. The third-order valence-electron chi connectivity index (χ3n) is 5.35. The fourth-order valence-corrected chi connectivity index (χ4v) is 5.52. The lowest BCUT2D eigenvalue weighted by Gasteiger charge is -2.41. The van der Waals surface area contributed by atoms with Crippen LogP contribution in [0, 0.1) is 11.7 Å². The molecule has 3 N–H and O–H groups in total. The molecule has 1 aromatic rings. The molecule has 8 heteroatoms. The van der Waals surface area contributed by atoms with E-state index in [1.807, 2.05) is 20.8 Å². The minimum absolute atomic E-state index is 0.0445. The highest BCUT2D eigenvalue weighted by Crippen LogP contribution is 2.53. The molecule has 0 aromatic heterocycles. The van der Waals surface area contributed by atoms with Crippen LogP contribution in [0.4, 0.5) is 14.9 Å². The molecule has 6 nitrogen and oxygen atoms in total. The van der Waals surface area contributed by atoms with Gasteiger partial charge >= 0.3 is 6.09 Å². The maximum atomic E-state index is 15.0. The molecule has 148 valence electrons. The van der Waals surface area contributed by atoms with Crippen LogP contribution >= 0.6 is 11.8 Å². The molecular formula is C19H26FN3O3S. The Labute approximate surface area is 163 Å². The molecule has 3 rings (SSSR count). The number of benzene rings is 1. The summed E-state index contributed by atoms with van der Waals surface area (Å²) in [5, 5.41) is 10.2. The summed E-state index contributed by atoms with van der Waals surface area (Å²) in [6.45, 7) is 5.45. The van der Waals surface area contributed by atoms with Gasteiger partial charge in [-0.2, -0.15) is 0 Å². The Bertz CT molecular complexity index is 780. The first kappa shape index (κ1) is 19.9. The summed E-state index contributed by atoms with van der Waals surface area (Å²) in [5.74, 6) is 0.210. The van der Waals surface area contributed by atoms with Crippen molar-refractivity contribution in [3.63, 3.8) is 0 Å². The van der Waals surface area contributed by atoms with Crippen LogP contribution in [0.2, 0.25) is 0 Å². The zero-order valence-electron chi connectivity index (χ0n) is 16.0. The van der Waals surface area contributed by atoms with Gasteiger partial charge in [0.1, 0.15) is 0 Å². The van der Waals surface area contributed by atoms with Gasteiger partial charge < -0.3 is 15.6 Å². The minimum atomic E-state index is -1.07. The number of methoxy groups -OCH3 is 1. The molecular weight excluding hydrogens is 369 g/mol. The number of nitrogens with zero attached hydrogens (tertiary/aromatic N) is 2. The number of rotatable bonds is 2. The van der Waals surface area contributed by atoms with Crippen LogP contribution in [0.3, 0.4) is 0 Å². The van der Waals surface area contributed by atoms with Crippen molar-refractivity contribution in [1.82, 2.24) is 4.90 Å². The van der Waals surface area contributed by atoms with Crippen LogP contribution in [0.25, 0.3) is 0 Å². The minimum Gasteiger partial charge on any atom is -0.465 e. The van der Waals surface area contributed by atoms with Crippen molar-refractivity contribution >= 4 is 28.7 Å². The number of halogens is 1. The Balaban J connectivity index is 2.18. The summed E-state index contributed by atoms with van der Waals surface area (Å²) in [7, 11) is 1.64. The summed E-state index contributed by atoms with van der Waals surface area (Å²) < 4.78 is 20.6. The summed E-state index contributed by atoms with van der Waals surface area (Å²) in [6.07, 6.45) is 0.108. The highest BCUT2D eigenvalue weighted by Gasteiger charge is 2.53. The van der Waals surface area contributed by atoms with E-state index >= 15 is 0 Å². The summed E-state index contributed by atoms with van der Waals surface area (Å²) >= 11 is 1.40. The number of anilines is 1. The first-order chi connectivity index (χ1) is 12.6. The van der Waals surface area contributed by atoms with Crippen molar-refractivity contribution in [3.05, 3.63) is 29.6 Å². The van der Waals surface area contributed by atoms with Gasteiger partial charge in [0.25, 0.3) is 0 Å². The average molecular weight is 396 g/mol. The zero-order valence-corrected chi connectivity index (χ0v) is 16.8. The van der Waals surface area contributed by atoms with Crippen molar-refractivity contribution in [2.24, 2.45) is 10.9 Å². The quantitative estimate of drug-likeness (QED) is 0.741. The maximum Gasteiger partial charge on any atom is 0.413 e. The second kappa shape index (κ2) is 6.98. The molecule has 0 unspecified atom stereocenters. The van der Waals surface area contributed by atoms with Crippen molar-refractivity contribution in [3.8, 4) is 0 Å². The average Bonchev–Trinajstić information content (AvgIpc) is 2.94.